The topological polar surface area (TPSA) is 49.4 Å². The molecule has 0 aromatic heterocycles. The van der Waals surface area contributed by atoms with E-state index in [1.165, 1.54) is 16.1 Å². The molecule has 1 heterocycles. The smallest absolute Gasteiger partial charge is 0.211 e. The summed E-state index contributed by atoms with van der Waals surface area (Å²) in [6.45, 7) is 5.08. The summed E-state index contributed by atoms with van der Waals surface area (Å²) < 4.78 is 24.4. The molecule has 0 unspecified atom stereocenters. The number of anilines is 1. The maximum atomic E-state index is 11.4. The van der Waals surface area contributed by atoms with E-state index in [2.05, 4.69) is 11.4 Å². The molecule has 0 atom stereocenters. The standard InChI is InChI=1S/C11H16N2O2S.C2H6/c1-12-11-4-3-10-8-13(16(2,14)15)6-5-9(10)7-11;1-2/h3-4,7,12H,5-6,8H2,1-2H3;1-2H3. The highest BCUT2D eigenvalue weighted by atomic mass is 32.2. The maximum absolute atomic E-state index is 11.4. The van der Waals surface area contributed by atoms with Crippen LogP contribution in [-0.4, -0.2) is 32.6 Å². The quantitative estimate of drug-likeness (QED) is 0.895. The van der Waals surface area contributed by atoms with Crippen LogP contribution >= 0.6 is 0 Å². The number of nitrogens with one attached hydrogen (secondary N) is 1. The summed E-state index contributed by atoms with van der Waals surface area (Å²) in [7, 11) is -1.18. The predicted molar refractivity (Wildman–Crippen MR) is 76.3 cm³/mol. The molecule has 0 amide bonds. The second kappa shape index (κ2) is 6.20. The Hall–Kier alpha value is -1.07. The molecule has 1 N–H and O–H groups in total. The van der Waals surface area contributed by atoms with Gasteiger partial charge in [-0.15, -0.1) is 0 Å². The Bertz CT molecular complexity index is 498. The molecule has 0 radical (unpaired) electrons. The lowest BCUT2D eigenvalue weighted by molar-refractivity contribution is 0.395. The van der Waals surface area contributed by atoms with Gasteiger partial charge in [0.15, 0.2) is 0 Å². The summed E-state index contributed by atoms with van der Waals surface area (Å²) in [6.07, 6.45) is 2.05. The van der Waals surface area contributed by atoms with Crippen LogP contribution < -0.4 is 5.32 Å². The van der Waals surface area contributed by atoms with Crippen LogP contribution in [0.4, 0.5) is 5.69 Å². The largest absolute Gasteiger partial charge is 0.388 e. The number of nitrogens with zero attached hydrogens (tertiary/aromatic N) is 1. The van der Waals surface area contributed by atoms with Crippen LogP contribution in [0, 0.1) is 0 Å². The molecule has 0 aliphatic carbocycles. The molecule has 102 valence electrons. The van der Waals surface area contributed by atoms with Gasteiger partial charge in [0.2, 0.25) is 10.0 Å². The van der Waals surface area contributed by atoms with Crippen molar-refractivity contribution in [3.63, 3.8) is 0 Å². The van der Waals surface area contributed by atoms with Crippen LogP contribution in [-0.2, 0) is 23.0 Å². The number of hydrogen-bond acceptors (Lipinski definition) is 3. The van der Waals surface area contributed by atoms with Crippen molar-refractivity contribution in [2.24, 2.45) is 0 Å². The van der Waals surface area contributed by atoms with Crippen molar-refractivity contribution in [2.75, 3.05) is 25.2 Å². The molecule has 2 rings (SSSR count). The van der Waals surface area contributed by atoms with Gasteiger partial charge < -0.3 is 5.32 Å². The van der Waals surface area contributed by atoms with E-state index in [1.807, 2.05) is 33.0 Å². The Morgan fingerprint density at radius 1 is 1.22 bits per heavy atom. The van der Waals surface area contributed by atoms with Gasteiger partial charge in [-0.05, 0) is 29.7 Å². The minimum atomic E-state index is -3.07. The molecule has 0 saturated heterocycles. The van der Waals surface area contributed by atoms with Crippen LogP contribution in [0.5, 0.6) is 0 Å². The van der Waals surface area contributed by atoms with Gasteiger partial charge in [-0.1, -0.05) is 19.9 Å². The Morgan fingerprint density at radius 2 is 1.89 bits per heavy atom. The van der Waals surface area contributed by atoms with Crippen molar-refractivity contribution in [1.82, 2.24) is 4.31 Å². The van der Waals surface area contributed by atoms with E-state index in [0.29, 0.717) is 13.1 Å². The molecule has 1 aliphatic heterocycles. The zero-order valence-corrected chi connectivity index (χ0v) is 12.3. The maximum Gasteiger partial charge on any atom is 0.211 e. The van der Waals surface area contributed by atoms with Gasteiger partial charge in [-0.3, -0.25) is 0 Å². The van der Waals surface area contributed by atoms with E-state index in [9.17, 15) is 8.42 Å². The van der Waals surface area contributed by atoms with Gasteiger partial charge in [-0.2, -0.15) is 4.31 Å². The fourth-order valence-corrected chi connectivity index (χ4v) is 2.76. The van der Waals surface area contributed by atoms with Crippen molar-refractivity contribution in [2.45, 2.75) is 26.8 Å². The molecule has 18 heavy (non-hydrogen) atoms. The first-order chi connectivity index (χ1) is 8.50. The van der Waals surface area contributed by atoms with E-state index in [0.717, 1.165) is 17.7 Å². The van der Waals surface area contributed by atoms with Crippen LogP contribution in [0.15, 0.2) is 18.2 Å². The lowest BCUT2D eigenvalue weighted by atomic mass is 10.0. The summed E-state index contributed by atoms with van der Waals surface area (Å²) in [5.41, 5.74) is 3.42. The molecule has 1 aliphatic rings. The van der Waals surface area contributed by atoms with Crippen LogP contribution in [0.3, 0.4) is 0 Å². The Morgan fingerprint density at radius 3 is 2.44 bits per heavy atom. The number of hydrogen-bond donors (Lipinski definition) is 1. The number of fused-ring (bicyclic) bond motifs is 1. The summed E-state index contributed by atoms with van der Waals surface area (Å²) in [5, 5.41) is 3.09. The van der Waals surface area contributed by atoms with E-state index in [-0.39, 0.29) is 0 Å². The van der Waals surface area contributed by atoms with Gasteiger partial charge in [0, 0.05) is 25.8 Å². The Labute approximate surface area is 110 Å². The van der Waals surface area contributed by atoms with Crippen LogP contribution in [0.2, 0.25) is 0 Å². The predicted octanol–water partition coefficient (Wildman–Crippen LogP) is 2.07. The first kappa shape index (κ1) is 15.0. The molecule has 1 aromatic carbocycles. The minimum absolute atomic E-state index is 0.498. The SMILES string of the molecule is CC.CNc1ccc2c(c1)CCN(S(C)(=O)=O)C2. The highest BCUT2D eigenvalue weighted by Crippen LogP contribution is 2.23. The van der Waals surface area contributed by atoms with Crippen LogP contribution in [0.1, 0.15) is 25.0 Å². The molecule has 0 fully saturated rings. The van der Waals surface area contributed by atoms with Crippen molar-refractivity contribution >= 4 is 15.7 Å². The van der Waals surface area contributed by atoms with Gasteiger partial charge in [0.05, 0.1) is 6.26 Å². The summed E-state index contributed by atoms with van der Waals surface area (Å²) >= 11 is 0. The van der Waals surface area contributed by atoms with E-state index >= 15 is 0 Å². The normalized spacial score (nSPS) is 15.3. The summed E-state index contributed by atoms with van der Waals surface area (Å²) in [5.74, 6) is 0. The average molecular weight is 270 g/mol. The van der Waals surface area contributed by atoms with Gasteiger partial charge in [-0.25, -0.2) is 8.42 Å². The number of rotatable bonds is 2. The molecule has 0 saturated carbocycles. The summed E-state index contributed by atoms with van der Waals surface area (Å²) in [4.78, 5) is 0. The first-order valence-corrected chi connectivity index (χ1v) is 8.10. The number of sulfonamides is 1. The Kier molecular flexibility index (Phi) is 5.16. The van der Waals surface area contributed by atoms with Crippen LogP contribution in [0.25, 0.3) is 0 Å². The molecule has 0 spiro atoms. The fourth-order valence-electron chi connectivity index (χ4n) is 1.97. The molecule has 5 heteroatoms. The Balaban J connectivity index is 0.000000771. The number of benzene rings is 1. The third kappa shape index (κ3) is 3.46. The fraction of sp³-hybridized carbons (Fsp3) is 0.538. The van der Waals surface area contributed by atoms with E-state index < -0.39 is 10.0 Å². The second-order valence-electron chi connectivity index (χ2n) is 4.08. The highest BCUT2D eigenvalue weighted by molar-refractivity contribution is 7.88. The molecule has 4 nitrogen and oxygen atoms in total. The van der Waals surface area contributed by atoms with E-state index in [4.69, 9.17) is 0 Å². The molecular weight excluding hydrogens is 248 g/mol. The summed E-state index contributed by atoms with van der Waals surface area (Å²) in [6, 6.07) is 6.07. The highest BCUT2D eigenvalue weighted by Gasteiger charge is 2.22. The average Bonchev–Trinajstić information content (AvgIpc) is 2.38. The lowest BCUT2D eigenvalue weighted by Crippen LogP contribution is -2.35. The van der Waals surface area contributed by atoms with Crippen molar-refractivity contribution in [3.05, 3.63) is 29.3 Å². The zero-order chi connectivity index (χ0) is 13.8. The molecular formula is C13H22N2O2S. The second-order valence-corrected chi connectivity index (χ2v) is 6.06. The van der Waals surface area contributed by atoms with Crippen molar-refractivity contribution < 1.29 is 8.42 Å². The van der Waals surface area contributed by atoms with Crippen molar-refractivity contribution in [3.8, 4) is 0 Å². The zero-order valence-electron chi connectivity index (χ0n) is 11.5. The van der Waals surface area contributed by atoms with Crippen molar-refractivity contribution in [1.29, 1.82) is 0 Å². The molecule has 0 bridgehead atoms. The lowest BCUT2D eigenvalue weighted by Gasteiger charge is -2.27. The monoisotopic (exact) mass is 270 g/mol. The third-order valence-corrected chi connectivity index (χ3v) is 4.19. The van der Waals surface area contributed by atoms with E-state index in [1.54, 1.807) is 0 Å². The van der Waals surface area contributed by atoms with Gasteiger partial charge in [0.25, 0.3) is 0 Å². The van der Waals surface area contributed by atoms with Gasteiger partial charge in [0.1, 0.15) is 0 Å². The van der Waals surface area contributed by atoms with Gasteiger partial charge >= 0.3 is 0 Å². The molecule has 1 aromatic rings. The third-order valence-electron chi connectivity index (χ3n) is 2.94. The first-order valence-electron chi connectivity index (χ1n) is 6.25. The minimum Gasteiger partial charge on any atom is -0.388 e.